The van der Waals surface area contributed by atoms with Crippen molar-refractivity contribution >= 4 is 28.9 Å². The van der Waals surface area contributed by atoms with Gasteiger partial charge in [-0.1, -0.05) is 24.3 Å². The Balaban J connectivity index is 3.01. The number of thiocarbonyl (C=S) groups is 1. The monoisotopic (exact) mass is 224 g/mol. The predicted molar refractivity (Wildman–Crippen MR) is 49.0 cm³/mol. The van der Waals surface area contributed by atoms with Crippen LogP contribution >= 0.6 is 23.8 Å². The Hall–Kier alpha value is -0.610. The van der Waals surface area contributed by atoms with E-state index in [1.807, 2.05) is 0 Å². The van der Waals surface area contributed by atoms with E-state index in [1.54, 1.807) is 0 Å². The van der Waals surface area contributed by atoms with Crippen LogP contribution in [0.2, 0.25) is 0 Å². The van der Waals surface area contributed by atoms with Gasteiger partial charge in [0.2, 0.25) is 0 Å². The molecule has 0 aromatic heterocycles. The quantitative estimate of drug-likeness (QED) is 0.420. The lowest BCUT2D eigenvalue weighted by molar-refractivity contribution is 0.0951. The summed E-state index contributed by atoms with van der Waals surface area (Å²) in [5.74, 6) is 0. The molecule has 1 aromatic rings. The predicted octanol–water partition coefficient (Wildman–Crippen LogP) is 3.62. The van der Waals surface area contributed by atoms with Crippen LogP contribution in [-0.2, 0) is 5.38 Å². The molecule has 0 heterocycles. The highest BCUT2D eigenvalue weighted by Gasteiger charge is 2.27. The van der Waals surface area contributed by atoms with Gasteiger partial charge in [0, 0.05) is 11.1 Å². The van der Waals surface area contributed by atoms with Gasteiger partial charge < -0.3 is 0 Å². The molecule has 0 fully saturated rings. The summed E-state index contributed by atoms with van der Waals surface area (Å²) < 4.78 is 37.2. The van der Waals surface area contributed by atoms with Gasteiger partial charge in [-0.05, 0) is 23.8 Å². The summed E-state index contributed by atoms with van der Waals surface area (Å²) in [5, 5.41) is -4.25. The summed E-state index contributed by atoms with van der Waals surface area (Å²) in [7, 11) is 0. The van der Waals surface area contributed by atoms with Crippen molar-refractivity contribution in [3.05, 3.63) is 35.4 Å². The summed E-state index contributed by atoms with van der Waals surface area (Å²) >= 11 is 8.94. The van der Waals surface area contributed by atoms with E-state index in [1.165, 1.54) is 0 Å². The lowest BCUT2D eigenvalue weighted by atomic mass is 10.1. The smallest absolute Gasteiger partial charge is 0.194 e. The first-order valence-corrected chi connectivity index (χ1v) is 4.07. The Morgan fingerprint density at radius 1 is 1.23 bits per heavy atom. The van der Waals surface area contributed by atoms with Crippen LogP contribution in [0.25, 0.3) is 0 Å². The molecule has 0 nitrogen and oxygen atoms in total. The zero-order valence-corrected chi connectivity index (χ0v) is 7.80. The van der Waals surface area contributed by atoms with Gasteiger partial charge in [0.1, 0.15) is 0 Å². The molecule has 0 aliphatic heterocycles. The van der Waals surface area contributed by atoms with Gasteiger partial charge in [0.05, 0.1) is 0 Å². The Bertz CT molecular complexity index is 315. The second kappa shape index (κ2) is 3.64. The van der Waals surface area contributed by atoms with E-state index < -0.39 is 10.5 Å². The van der Waals surface area contributed by atoms with Gasteiger partial charge in [-0.15, -0.1) is 0 Å². The van der Waals surface area contributed by atoms with Crippen molar-refractivity contribution in [1.29, 1.82) is 0 Å². The first kappa shape index (κ1) is 10.5. The van der Waals surface area contributed by atoms with E-state index >= 15 is 0 Å². The molecule has 13 heavy (non-hydrogen) atoms. The molecule has 0 saturated heterocycles. The molecule has 0 unspecified atom stereocenters. The normalized spacial score (nSPS) is 11.4. The van der Waals surface area contributed by atoms with Crippen molar-refractivity contribution in [2.75, 3.05) is 0 Å². The Morgan fingerprint density at radius 2 is 1.69 bits per heavy atom. The number of rotatable bonds is 2. The van der Waals surface area contributed by atoms with Crippen molar-refractivity contribution in [3.8, 4) is 0 Å². The minimum absolute atomic E-state index is 0.0969. The first-order valence-electron chi connectivity index (χ1n) is 3.28. The second-order valence-corrected chi connectivity index (χ2v) is 3.18. The van der Waals surface area contributed by atoms with Crippen LogP contribution in [0.3, 0.4) is 0 Å². The topological polar surface area (TPSA) is 0 Å². The third-order valence-corrected chi connectivity index (χ3v) is 1.89. The van der Waals surface area contributed by atoms with Crippen LogP contribution in [0.1, 0.15) is 11.1 Å². The van der Waals surface area contributed by atoms with E-state index in [0.717, 1.165) is 24.3 Å². The maximum absolute atomic E-state index is 12.4. The Morgan fingerprint density at radius 3 is 2.00 bits per heavy atom. The van der Waals surface area contributed by atoms with Gasteiger partial charge in [-0.3, -0.25) is 0 Å². The van der Waals surface area contributed by atoms with Gasteiger partial charge in [0.25, 0.3) is 0 Å². The van der Waals surface area contributed by atoms with Gasteiger partial charge in [0.15, 0.2) is 5.12 Å². The third-order valence-electron chi connectivity index (χ3n) is 1.44. The minimum atomic E-state index is -3.42. The molecule has 0 amide bonds. The van der Waals surface area contributed by atoms with Gasteiger partial charge >= 0.3 is 5.38 Å². The summed E-state index contributed by atoms with van der Waals surface area (Å²) in [6.07, 6.45) is 0. The van der Waals surface area contributed by atoms with Gasteiger partial charge in [-0.25, -0.2) is 0 Å². The summed E-state index contributed by atoms with van der Waals surface area (Å²) in [6.45, 7) is 0. The molecule has 70 valence electrons. The number of hydrogen-bond donors (Lipinski definition) is 0. The van der Waals surface area contributed by atoms with E-state index in [4.69, 9.17) is 11.6 Å². The Labute approximate surface area is 83.3 Å². The fraction of sp³-hybridized carbons (Fsp3) is 0.125. The maximum Gasteiger partial charge on any atom is 0.348 e. The van der Waals surface area contributed by atoms with Gasteiger partial charge in [-0.2, -0.15) is 13.2 Å². The molecule has 0 radical (unpaired) electrons. The molecular formula is C8H4ClF3S. The molecule has 5 heteroatoms. The van der Waals surface area contributed by atoms with Crippen LogP contribution in [0.5, 0.6) is 0 Å². The number of alkyl halides is 3. The zero-order chi connectivity index (χ0) is 10.1. The van der Waals surface area contributed by atoms with Crippen molar-refractivity contribution in [1.82, 2.24) is 0 Å². The van der Waals surface area contributed by atoms with Crippen LogP contribution in [0.15, 0.2) is 24.3 Å². The molecular weight excluding hydrogens is 221 g/mol. The zero-order valence-electron chi connectivity index (χ0n) is 6.23. The minimum Gasteiger partial charge on any atom is -0.194 e. The van der Waals surface area contributed by atoms with Crippen molar-refractivity contribution < 1.29 is 13.2 Å². The maximum atomic E-state index is 12.4. The lowest BCUT2D eigenvalue weighted by Gasteiger charge is -2.07. The van der Waals surface area contributed by atoms with E-state index in [2.05, 4.69) is 12.2 Å². The highest BCUT2D eigenvalue weighted by atomic mass is 35.5. The average Bonchev–Trinajstić information content (AvgIpc) is 2.03. The molecule has 0 atom stereocenters. The molecule has 0 spiro atoms. The van der Waals surface area contributed by atoms with Crippen molar-refractivity contribution in [3.63, 3.8) is 0 Å². The van der Waals surface area contributed by atoms with Crippen LogP contribution in [-0.4, -0.2) is 5.12 Å². The van der Waals surface area contributed by atoms with Crippen molar-refractivity contribution in [2.24, 2.45) is 0 Å². The number of benzene rings is 1. The SMILES string of the molecule is FC(=S)c1ccc(C(F)(F)Cl)cc1. The fourth-order valence-corrected chi connectivity index (χ4v) is 1.05. The standard InChI is InChI=1S/C8H4ClF3S/c9-8(11,12)6-3-1-5(2-4-6)7(10)13/h1-4H. The molecule has 1 rings (SSSR count). The highest BCUT2D eigenvalue weighted by Crippen LogP contribution is 2.32. The molecule has 0 aliphatic rings. The van der Waals surface area contributed by atoms with E-state index in [9.17, 15) is 13.2 Å². The first-order chi connectivity index (χ1) is 5.91. The van der Waals surface area contributed by atoms with E-state index in [-0.39, 0.29) is 11.1 Å². The number of halogens is 4. The summed E-state index contributed by atoms with van der Waals surface area (Å²) in [5.41, 5.74) is -0.283. The van der Waals surface area contributed by atoms with E-state index in [0.29, 0.717) is 0 Å². The fourth-order valence-electron chi connectivity index (χ4n) is 0.790. The molecule has 0 N–H and O–H groups in total. The average molecular weight is 225 g/mol. The van der Waals surface area contributed by atoms with Crippen molar-refractivity contribution in [2.45, 2.75) is 5.38 Å². The molecule has 0 saturated carbocycles. The summed E-state index contributed by atoms with van der Waals surface area (Å²) in [4.78, 5) is 0. The van der Waals surface area contributed by atoms with Crippen LogP contribution in [0.4, 0.5) is 13.2 Å². The Kier molecular flexibility index (Phi) is 2.93. The van der Waals surface area contributed by atoms with Crippen LogP contribution in [0, 0.1) is 0 Å². The second-order valence-electron chi connectivity index (χ2n) is 2.35. The van der Waals surface area contributed by atoms with Crippen LogP contribution < -0.4 is 0 Å². The molecule has 0 bridgehead atoms. The lowest BCUT2D eigenvalue weighted by Crippen LogP contribution is -2.03. The molecule has 1 aromatic carbocycles. The number of hydrogen-bond acceptors (Lipinski definition) is 1. The highest BCUT2D eigenvalue weighted by molar-refractivity contribution is 7.80. The summed E-state index contributed by atoms with van der Waals surface area (Å²) in [6, 6.07) is 4.39. The molecule has 0 aliphatic carbocycles. The third kappa shape index (κ3) is 2.67. The largest absolute Gasteiger partial charge is 0.348 e.